The van der Waals surface area contributed by atoms with E-state index in [1.807, 2.05) is 6.07 Å². The molecule has 2 aliphatic rings. The number of hydrogen-bond donors (Lipinski definition) is 1. The van der Waals surface area contributed by atoms with Crippen LogP contribution in [-0.2, 0) is 13.1 Å². The molecule has 30 heavy (non-hydrogen) atoms. The van der Waals surface area contributed by atoms with Crippen LogP contribution < -0.4 is 5.32 Å². The summed E-state index contributed by atoms with van der Waals surface area (Å²) in [4.78, 5) is 32.2. The Morgan fingerprint density at radius 2 is 1.63 bits per heavy atom. The maximum Gasteiger partial charge on any atom is 0.391 e. The molecule has 1 aromatic heterocycles. The third-order valence-electron chi connectivity index (χ3n) is 5.64. The molecule has 1 N–H and O–H groups in total. The number of anilines is 1. The summed E-state index contributed by atoms with van der Waals surface area (Å²) in [6.07, 6.45) is -0.904. The van der Waals surface area contributed by atoms with Gasteiger partial charge in [0.25, 0.3) is 5.91 Å². The van der Waals surface area contributed by atoms with Crippen LogP contribution in [0.4, 0.5) is 23.7 Å². The molecule has 1 aromatic carbocycles. The molecule has 0 saturated carbocycles. The molecule has 0 bridgehead atoms. The third-order valence-corrected chi connectivity index (χ3v) is 5.64. The van der Waals surface area contributed by atoms with Gasteiger partial charge in [-0.1, -0.05) is 0 Å². The lowest BCUT2D eigenvalue weighted by atomic mass is 9.96. The van der Waals surface area contributed by atoms with E-state index in [-0.39, 0.29) is 37.9 Å². The molecular formula is C21H21F3N4O2. The molecule has 0 unspecified atom stereocenters. The monoisotopic (exact) mass is 418 g/mol. The highest BCUT2D eigenvalue weighted by Crippen LogP contribution is 2.34. The molecule has 3 heterocycles. The minimum absolute atomic E-state index is 0.0723. The van der Waals surface area contributed by atoms with Crippen molar-refractivity contribution in [1.82, 2.24) is 14.8 Å². The minimum Gasteiger partial charge on any atom is -0.339 e. The number of carbonyl (C=O) groups excluding carboxylic acids is 2. The van der Waals surface area contributed by atoms with Gasteiger partial charge in [-0.15, -0.1) is 0 Å². The Morgan fingerprint density at radius 3 is 2.27 bits per heavy atom. The number of aromatic nitrogens is 1. The molecule has 1 saturated heterocycles. The lowest BCUT2D eigenvalue weighted by molar-refractivity contribution is -0.183. The first kappa shape index (κ1) is 20.2. The van der Waals surface area contributed by atoms with E-state index in [1.165, 1.54) is 4.90 Å². The predicted octanol–water partition coefficient (Wildman–Crippen LogP) is 4.04. The molecule has 3 amide bonds. The Labute approximate surface area is 171 Å². The van der Waals surface area contributed by atoms with Crippen molar-refractivity contribution >= 4 is 17.6 Å². The van der Waals surface area contributed by atoms with Crippen LogP contribution in [0.25, 0.3) is 0 Å². The Hall–Kier alpha value is -3.10. The van der Waals surface area contributed by atoms with Crippen LogP contribution in [0.1, 0.15) is 34.3 Å². The number of rotatable bonds is 2. The van der Waals surface area contributed by atoms with Gasteiger partial charge in [-0.2, -0.15) is 13.2 Å². The van der Waals surface area contributed by atoms with Crippen LogP contribution in [0.2, 0.25) is 0 Å². The van der Waals surface area contributed by atoms with Gasteiger partial charge in [-0.05, 0) is 54.3 Å². The summed E-state index contributed by atoms with van der Waals surface area (Å²) in [5.74, 6) is -1.64. The van der Waals surface area contributed by atoms with Gasteiger partial charge in [-0.3, -0.25) is 9.78 Å². The van der Waals surface area contributed by atoms with Gasteiger partial charge >= 0.3 is 12.2 Å². The number of halogens is 3. The van der Waals surface area contributed by atoms with Gasteiger partial charge in [0.1, 0.15) is 0 Å². The number of fused-ring (bicyclic) bond motifs is 1. The SMILES string of the molecule is O=C(Nc1ccc(C(=O)N2CCC(C(F)(F)F)CC2)cc1)N1Cc2ccncc2C1. The summed E-state index contributed by atoms with van der Waals surface area (Å²) in [6, 6.07) is 8.05. The summed E-state index contributed by atoms with van der Waals surface area (Å²) >= 11 is 0. The molecule has 2 aliphatic heterocycles. The van der Waals surface area contributed by atoms with Gasteiger partial charge in [0.15, 0.2) is 0 Å². The smallest absolute Gasteiger partial charge is 0.339 e. The number of benzene rings is 1. The van der Waals surface area contributed by atoms with Gasteiger partial charge < -0.3 is 15.1 Å². The van der Waals surface area contributed by atoms with Crippen LogP contribution in [0.3, 0.4) is 0 Å². The average Bonchev–Trinajstić information content (AvgIpc) is 3.18. The number of urea groups is 1. The molecule has 0 aliphatic carbocycles. The number of hydrogen-bond acceptors (Lipinski definition) is 3. The number of likely N-dealkylation sites (tertiary alicyclic amines) is 1. The van der Waals surface area contributed by atoms with Crippen molar-refractivity contribution in [2.45, 2.75) is 32.1 Å². The zero-order chi connectivity index (χ0) is 21.3. The van der Waals surface area contributed by atoms with Crippen molar-refractivity contribution in [3.8, 4) is 0 Å². The first-order valence-electron chi connectivity index (χ1n) is 9.75. The molecule has 1 fully saturated rings. The van der Waals surface area contributed by atoms with Crippen molar-refractivity contribution in [2.75, 3.05) is 18.4 Å². The van der Waals surface area contributed by atoms with Gasteiger partial charge in [0.2, 0.25) is 0 Å². The van der Waals surface area contributed by atoms with Gasteiger partial charge in [0.05, 0.1) is 5.92 Å². The fourth-order valence-corrected chi connectivity index (χ4v) is 3.85. The highest BCUT2D eigenvalue weighted by Gasteiger charge is 2.41. The number of nitrogens with one attached hydrogen (secondary N) is 1. The molecule has 0 atom stereocenters. The van der Waals surface area contributed by atoms with Crippen LogP contribution in [0.5, 0.6) is 0 Å². The Balaban J connectivity index is 1.32. The zero-order valence-corrected chi connectivity index (χ0v) is 16.2. The molecule has 4 rings (SSSR count). The maximum atomic E-state index is 12.8. The van der Waals surface area contributed by atoms with Gasteiger partial charge in [-0.25, -0.2) is 4.79 Å². The summed E-state index contributed by atoms with van der Waals surface area (Å²) in [5.41, 5.74) is 3.01. The molecule has 0 spiro atoms. The fourth-order valence-electron chi connectivity index (χ4n) is 3.85. The van der Waals surface area contributed by atoms with E-state index in [2.05, 4.69) is 10.3 Å². The molecule has 158 valence electrons. The molecule has 9 heteroatoms. The van der Waals surface area contributed by atoms with E-state index in [0.717, 1.165) is 11.1 Å². The van der Waals surface area contributed by atoms with Crippen LogP contribution in [-0.4, -0.2) is 46.0 Å². The first-order valence-corrected chi connectivity index (χ1v) is 9.75. The topological polar surface area (TPSA) is 65.5 Å². The zero-order valence-electron chi connectivity index (χ0n) is 16.2. The number of nitrogens with zero attached hydrogens (tertiary/aromatic N) is 3. The van der Waals surface area contributed by atoms with E-state index in [4.69, 9.17) is 0 Å². The quantitative estimate of drug-likeness (QED) is 0.801. The highest BCUT2D eigenvalue weighted by molar-refractivity contribution is 5.95. The average molecular weight is 418 g/mol. The van der Waals surface area contributed by atoms with E-state index in [0.29, 0.717) is 24.3 Å². The van der Waals surface area contributed by atoms with Crippen molar-refractivity contribution in [3.05, 3.63) is 59.4 Å². The molecule has 2 aromatic rings. The predicted molar refractivity (Wildman–Crippen MR) is 104 cm³/mol. The number of amides is 3. The van der Waals surface area contributed by atoms with Crippen molar-refractivity contribution in [3.63, 3.8) is 0 Å². The van der Waals surface area contributed by atoms with Gasteiger partial charge in [0, 0.05) is 49.8 Å². The Morgan fingerprint density at radius 1 is 0.967 bits per heavy atom. The molecular weight excluding hydrogens is 397 g/mol. The number of pyridine rings is 1. The largest absolute Gasteiger partial charge is 0.391 e. The third kappa shape index (κ3) is 4.24. The lowest BCUT2D eigenvalue weighted by Crippen LogP contribution is -2.42. The van der Waals surface area contributed by atoms with E-state index >= 15 is 0 Å². The summed E-state index contributed by atoms with van der Waals surface area (Å²) in [5, 5.41) is 2.80. The number of alkyl halides is 3. The number of carbonyl (C=O) groups is 2. The van der Waals surface area contributed by atoms with Crippen molar-refractivity contribution in [2.24, 2.45) is 5.92 Å². The van der Waals surface area contributed by atoms with E-state index in [1.54, 1.807) is 41.6 Å². The Bertz CT molecular complexity index is 913. The fraction of sp³-hybridized carbons (Fsp3) is 0.381. The molecule has 6 nitrogen and oxygen atoms in total. The first-order chi connectivity index (χ1) is 14.3. The highest BCUT2D eigenvalue weighted by atomic mass is 19.4. The van der Waals surface area contributed by atoms with Crippen LogP contribution in [0, 0.1) is 5.92 Å². The number of piperidine rings is 1. The Kier molecular flexibility index (Phi) is 5.36. The summed E-state index contributed by atoms with van der Waals surface area (Å²) in [6.45, 7) is 1.17. The van der Waals surface area contributed by atoms with E-state index in [9.17, 15) is 22.8 Å². The van der Waals surface area contributed by atoms with Crippen molar-refractivity contribution in [1.29, 1.82) is 0 Å². The van der Waals surface area contributed by atoms with Crippen LogP contribution in [0.15, 0.2) is 42.7 Å². The minimum atomic E-state index is -4.21. The standard InChI is InChI=1S/C21H21F3N4O2/c22-21(23,24)17-6-9-27(10-7-17)19(29)14-1-3-18(4-2-14)26-20(30)28-12-15-5-8-25-11-16(15)13-28/h1-5,8,11,17H,6-7,9-10,12-13H2,(H,26,30). The van der Waals surface area contributed by atoms with Crippen molar-refractivity contribution < 1.29 is 22.8 Å². The second-order valence-corrected chi connectivity index (χ2v) is 7.62. The second kappa shape index (κ2) is 7.97. The summed E-state index contributed by atoms with van der Waals surface area (Å²) in [7, 11) is 0. The maximum absolute atomic E-state index is 12.8. The van der Waals surface area contributed by atoms with E-state index < -0.39 is 12.1 Å². The van der Waals surface area contributed by atoms with Crippen LogP contribution >= 0.6 is 0 Å². The normalized spacial score (nSPS) is 17.0. The second-order valence-electron chi connectivity index (χ2n) is 7.62. The summed E-state index contributed by atoms with van der Waals surface area (Å²) < 4.78 is 38.4. The molecule has 0 radical (unpaired) electrons. The lowest BCUT2D eigenvalue weighted by Gasteiger charge is -2.33.